The Labute approximate surface area is 136 Å². The van der Waals surface area contributed by atoms with Crippen LogP contribution in [0.3, 0.4) is 0 Å². The van der Waals surface area contributed by atoms with E-state index in [2.05, 4.69) is 37.3 Å². The Bertz CT molecular complexity index is 871. The molecule has 0 spiro atoms. The van der Waals surface area contributed by atoms with E-state index in [-0.39, 0.29) is 5.91 Å². The number of benzene rings is 2. The van der Waals surface area contributed by atoms with Crippen molar-refractivity contribution in [3.8, 4) is 0 Å². The van der Waals surface area contributed by atoms with Gasteiger partial charge in [0.05, 0.1) is 5.52 Å². The van der Waals surface area contributed by atoms with Crippen LogP contribution in [-0.4, -0.2) is 10.5 Å². The van der Waals surface area contributed by atoms with Gasteiger partial charge in [0, 0.05) is 16.6 Å². The molecule has 2 heteroatoms. The largest absolute Gasteiger partial charge is 0.280 e. The highest BCUT2D eigenvalue weighted by molar-refractivity contribution is 6.04. The molecular weight excluding hydrogens is 282 g/mol. The summed E-state index contributed by atoms with van der Waals surface area (Å²) in [4.78, 5) is 13.2. The van der Waals surface area contributed by atoms with Crippen molar-refractivity contribution in [2.45, 2.75) is 39.0 Å². The fourth-order valence-electron chi connectivity index (χ4n) is 3.74. The summed E-state index contributed by atoms with van der Waals surface area (Å²) in [6, 6.07) is 16.4. The molecule has 4 rings (SSSR count). The standard InChI is InChI=1S/C21H21NO/c1-2-15-11-13-16(14-12-15)21(23)22-19-9-5-3-7-17(19)18-8-4-6-10-20(18)22/h3,5,7,9,11-14H,2,4,6,8,10H2,1H3. The molecule has 1 aromatic heterocycles. The lowest BCUT2D eigenvalue weighted by atomic mass is 9.95. The molecule has 2 nitrogen and oxygen atoms in total. The van der Waals surface area contributed by atoms with E-state index in [1.165, 1.54) is 35.0 Å². The van der Waals surface area contributed by atoms with Crippen LogP contribution in [0.25, 0.3) is 10.9 Å². The van der Waals surface area contributed by atoms with Gasteiger partial charge in [0.2, 0.25) is 0 Å². The summed E-state index contributed by atoms with van der Waals surface area (Å²) in [5.41, 5.74) is 5.70. The quantitative estimate of drug-likeness (QED) is 0.668. The van der Waals surface area contributed by atoms with Crippen molar-refractivity contribution in [3.05, 3.63) is 70.9 Å². The summed E-state index contributed by atoms with van der Waals surface area (Å²) in [5.74, 6) is 0.104. The van der Waals surface area contributed by atoms with Crippen LogP contribution in [0.1, 0.15) is 46.9 Å². The summed E-state index contributed by atoms with van der Waals surface area (Å²) in [6.07, 6.45) is 5.48. The lowest BCUT2D eigenvalue weighted by Gasteiger charge is -2.15. The minimum atomic E-state index is 0.104. The Kier molecular flexibility index (Phi) is 3.53. The zero-order valence-electron chi connectivity index (χ0n) is 13.5. The minimum Gasteiger partial charge on any atom is -0.280 e. The van der Waals surface area contributed by atoms with Crippen molar-refractivity contribution >= 4 is 16.8 Å². The van der Waals surface area contributed by atoms with E-state index < -0.39 is 0 Å². The number of aromatic nitrogens is 1. The van der Waals surface area contributed by atoms with Crippen LogP contribution in [0.4, 0.5) is 0 Å². The Hall–Kier alpha value is -2.35. The highest BCUT2D eigenvalue weighted by Gasteiger charge is 2.23. The van der Waals surface area contributed by atoms with Gasteiger partial charge in [0.15, 0.2) is 0 Å². The van der Waals surface area contributed by atoms with Crippen LogP contribution in [-0.2, 0) is 19.3 Å². The third kappa shape index (κ3) is 2.29. The van der Waals surface area contributed by atoms with Gasteiger partial charge in [-0.2, -0.15) is 0 Å². The molecule has 1 heterocycles. The van der Waals surface area contributed by atoms with Gasteiger partial charge in [-0.15, -0.1) is 0 Å². The lowest BCUT2D eigenvalue weighted by Crippen LogP contribution is -2.17. The maximum atomic E-state index is 13.2. The molecule has 0 bridgehead atoms. The second-order valence-corrected chi connectivity index (χ2v) is 6.34. The lowest BCUT2D eigenvalue weighted by molar-refractivity contribution is 0.0961. The van der Waals surface area contributed by atoms with E-state index in [4.69, 9.17) is 0 Å². The molecule has 23 heavy (non-hydrogen) atoms. The van der Waals surface area contributed by atoms with Crippen molar-refractivity contribution in [1.29, 1.82) is 0 Å². The maximum Gasteiger partial charge on any atom is 0.262 e. The van der Waals surface area contributed by atoms with Crippen molar-refractivity contribution in [3.63, 3.8) is 0 Å². The van der Waals surface area contributed by atoms with Crippen LogP contribution < -0.4 is 0 Å². The molecule has 0 atom stereocenters. The van der Waals surface area contributed by atoms with E-state index in [1.54, 1.807) is 0 Å². The van der Waals surface area contributed by atoms with Gasteiger partial charge in [-0.3, -0.25) is 9.36 Å². The first-order chi connectivity index (χ1) is 11.3. The Morgan fingerprint density at radius 2 is 1.74 bits per heavy atom. The smallest absolute Gasteiger partial charge is 0.262 e. The average Bonchev–Trinajstić information content (AvgIpc) is 2.96. The SMILES string of the molecule is CCc1ccc(C(=O)n2c3c(c4ccccc42)CCCC3)cc1. The third-order valence-corrected chi connectivity index (χ3v) is 4.99. The zero-order chi connectivity index (χ0) is 15.8. The molecule has 0 fully saturated rings. The van der Waals surface area contributed by atoms with E-state index in [0.29, 0.717) is 0 Å². The second kappa shape index (κ2) is 5.69. The van der Waals surface area contributed by atoms with Crippen LogP contribution in [0.5, 0.6) is 0 Å². The number of rotatable bonds is 2. The molecule has 0 aliphatic heterocycles. The number of para-hydroxylation sites is 1. The van der Waals surface area contributed by atoms with Crippen molar-refractivity contribution in [2.24, 2.45) is 0 Å². The van der Waals surface area contributed by atoms with Gasteiger partial charge in [-0.25, -0.2) is 0 Å². The number of aryl methyl sites for hydroxylation is 2. The van der Waals surface area contributed by atoms with E-state index in [1.807, 2.05) is 22.8 Å². The third-order valence-electron chi connectivity index (χ3n) is 4.99. The summed E-state index contributed by atoms with van der Waals surface area (Å²) < 4.78 is 1.96. The van der Waals surface area contributed by atoms with Gasteiger partial charge < -0.3 is 0 Å². The van der Waals surface area contributed by atoms with Gasteiger partial charge in [0.1, 0.15) is 0 Å². The average molecular weight is 303 g/mol. The minimum absolute atomic E-state index is 0.104. The molecule has 1 aliphatic rings. The van der Waals surface area contributed by atoms with Crippen LogP contribution in [0.2, 0.25) is 0 Å². The summed E-state index contributed by atoms with van der Waals surface area (Å²) in [7, 11) is 0. The number of hydrogen-bond donors (Lipinski definition) is 0. The highest BCUT2D eigenvalue weighted by Crippen LogP contribution is 2.32. The fraction of sp³-hybridized carbons (Fsp3) is 0.286. The summed E-state index contributed by atoms with van der Waals surface area (Å²) >= 11 is 0. The topological polar surface area (TPSA) is 22.0 Å². The molecule has 3 aromatic rings. The predicted molar refractivity (Wildman–Crippen MR) is 94.1 cm³/mol. The summed E-state index contributed by atoms with van der Waals surface area (Å²) in [5, 5.41) is 1.25. The fourth-order valence-corrected chi connectivity index (χ4v) is 3.74. The van der Waals surface area contributed by atoms with Crippen LogP contribution in [0.15, 0.2) is 48.5 Å². The Balaban J connectivity index is 1.88. The molecule has 0 amide bonds. The van der Waals surface area contributed by atoms with E-state index in [9.17, 15) is 4.79 Å². The zero-order valence-corrected chi connectivity index (χ0v) is 13.5. The number of fused-ring (bicyclic) bond motifs is 3. The van der Waals surface area contributed by atoms with Crippen molar-refractivity contribution < 1.29 is 4.79 Å². The molecule has 1 aliphatic carbocycles. The highest BCUT2D eigenvalue weighted by atomic mass is 16.2. The first-order valence-electron chi connectivity index (χ1n) is 8.54. The molecular formula is C21H21NO. The predicted octanol–water partition coefficient (Wildman–Crippen LogP) is 4.77. The molecule has 0 radical (unpaired) electrons. The number of carbonyl (C=O) groups excluding carboxylic acids is 1. The Morgan fingerprint density at radius 3 is 2.52 bits per heavy atom. The normalized spacial score (nSPS) is 14.0. The number of carbonyl (C=O) groups is 1. The molecule has 116 valence electrons. The molecule has 0 unspecified atom stereocenters. The van der Waals surface area contributed by atoms with E-state index in [0.717, 1.165) is 30.3 Å². The molecule has 0 saturated carbocycles. The first-order valence-corrected chi connectivity index (χ1v) is 8.54. The van der Waals surface area contributed by atoms with Crippen LogP contribution in [0, 0.1) is 0 Å². The van der Waals surface area contributed by atoms with Crippen LogP contribution >= 0.6 is 0 Å². The maximum absolute atomic E-state index is 13.2. The molecule has 0 N–H and O–H groups in total. The van der Waals surface area contributed by atoms with Crippen molar-refractivity contribution in [1.82, 2.24) is 4.57 Å². The Morgan fingerprint density at radius 1 is 1.00 bits per heavy atom. The molecule has 2 aromatic carbocycles. The monoisotopic (exact) mass is 303 g/mol. The number of nitrogens with zero attached hydrogens (tertiary/aromatic N) is 1. The van der Waals surface area contributed by atoms with E-state index >= 15 is 0 Å². The van der Waals surface area contributed by atoms with Gasteiger partial charge in [-0.1, -0.05) is 37.3 Å². The van der Waals surface area contributed by atoms with Gasteiger partial charge in [0.25, 0.3) is 5.91 Å². The van der Waals surface area contributed by atoms with Gasteiger partial charge >= 0.3 is 0 Å². The molecule has 0 saturated heterocycles. The first kappa shape index (κ1) is 14.3. The number of hydrogen-bond acceptors (Lipinski definition) is 1. The summed E-state index contributed by atoms with van der Waals surface area (Å²) in [6.45, 7) is 2.13. The second-order valence-electron chi connectivity index (χ2n) is 6.34. The van der Waals surface area contributed by atoms with Gasteiger partial charge in [-0.05, 0) is 61.4 Å². The van der Waals surface area contributed by atoms with Crippen molar-refractivity contribution in [2.75, 3.05) is 0 Å².